The number of amidine groups is 1. The molecule has 0 saturated carbocycles. The molecule has 1 aromatic rings. The molecule has 21 heavy (non-hydrogen) atoms. The van der Waals surface area contributed by atoms with Crippen LogP contribution in [-0.2, 0) is 11.2 Å². The fourth-order valence-electron chi connectivity index (χ4n) is 2.63. The predicted octanol–water partition coefficient (Wildman–Crippen LogP) is 1.85. The minimum Gasteiger partial charge on any atom is -0.469 e. The van der Waals surface area contributed by atoms with Crippen LogP contribution in [0.25, 0.3) is 0 Å². The number of piperazine rings is 1. The molecule has 3 rings (SSSR count). The molecule has 3 heterocycles. The van der Waals surface area contributed by atoms with Crippen molar-refractivity contribution in [1.82, 2.24) is 9.80 Å². The summed E-state index contributed by atoms with van der Waals surface area (Å²) in [7, 11) is 0. The van der Waals surface area contributed by atoms with Crippen LogP contribution in [0.5, 0.6) is 0 Å². The second kappa shape index (κ2) is 6.56. The fourth-order valence-corrected chi connectivity index (χ4v) is 3.62. The Hall–Kier alpha value is -1.43. The molecule has 0 unspecified atom stereocenters. The van der Waals surface area contributed by atoms with Crippen molar-refractivity contribution in [2.45, 2.75) is 25.0 Å². The lowest BCUT2D eigenvalue weighted by Gasteiger charge is -2.35. The number of carbonyl (C=O) groups excluding carboxylic acids is 1. The minimum atomic E-state index is 0.223. The summed E-state index contributed by atoms with van der Waals surface area (Å²) in [6, 6.07) is 3.78. The van der Waals surface area contributed by atoms with Crippen LogP contribution in [0, 0.1) is 0 Å². The van der Waals surface area contributed by atoms with Crippen LogP contribution in [0.4, 0.5) is 0 Å². The van der Waals surface area contributed by atoms with Crippen molar-refractivity contribution in [3.63, 3.8) is 0 Å². The Labute approximate surface area is 129 Å². The lowest BCUT2D eigenvalue weighted by molar-refractivity contribution is -0.132. The summed E-state index contributed by atoms with van der Waals surface area (Å²) in [4.78, 5) is 21.0. The van der Waals surface area contributed by atoms with E-state index in [1.807, 2.05) is 28.8 Å². The van der Waals surface area contributed by atoms with E-state index in [1.54, 1.807) is 6.26 Å². The molecule has 5 nitrogen and oxygen atoms in total. The predicted molar refractivity (Wildman–Crippen MR) is 84.5 cm³/mol. The monoisotopic (exact) mass is 307 g/mol. The Bertz CT molecular complexity index is 507. The van der Waals surface area contributed by atoms with Gasteiger partial charge in [-0.15, -0.1) is 0 Å². The molecule has 1 fully saturated rings. The van der Waals surface area contributed by atoms with E-state index >= 15 is 0 Å². The summed E-state index contributed by atoms with van der Waals surface area (Å²) in [5.74, 6) is 1.10. The van der Waals surface area contributed by atoms with Gasteiger partial charge in [-0.25, -0.2) is 0 Å². The van der Waals surface area contributed by atoms with Gasteiger partial charge in [0.1, 0.15) is 5.76 Å². The highest BCUT2D eigenvalue weighted by molar-refractivity contribution is 8.14. The molecule has 1 atom stereocenters. The van der Waals surface area contributed by atoms with Crippen molar-refractivity contribution in [2.75, 3.05) is 32.7 Å². The van der Waals surface area contributed by atoms with E-state index in [9.17, 15) is 4.79 Å². The van der Waals surface area contributed by atoms with Crippen molar-refractivity contribution in [3.05, 3.63) is 24.2 Å². The van der Waals surface area contributed by atoms with Gasteiger partial charge < -0.3 is 14.2 Å². The molecule has 1 aromatic heterocycles. The third-order valence-corrected chi connectivity index (χ3v) is 5.01. The lowest BCUT2D eigenvalue weighted by Crippen LogP contribution is -2.49. The Morgan fingerprint density at radius 1 is 1.43 bits per heavy atom. The summed E-state index contributed by atoms with van der Waals surface area (Å²) < 4.78 is 5.27. The molecule has 2 aliphatic rings. The van der Waals surface area contributed by atoms with Gasteiger partial charge in [0.05, 0.1) is 12.8 Å². The highest BCUT2D eigenvalue weighted by atomic mass is 32.2. The van der Waals surface area contributed by atoms with Crippen molar-refractivity contribution in [3.8, 4) is 0 Å². The van der Waals surface area contributed by atoms with E-state index in [0.717, 1.165) is 43.7 Å². The van der Waals surface area contributed by atoms with E-state index in [4.69, 9.17) is 4.42 Å². The van der Waals surface area contributed by atoms with Crippen LogP contribution >= 0.6 is 11.8 Å². The van der Waals surface area contributed by atoms with Gasteiger partial charge in [-0.2, -0.15) is 0 Å². The summed E-state index contributed by atoms with van der Waals surface area (Å²) in [5.41, 5.74) is 0. The number of carbonyl (C=O) groups is 1. The van der Waals surface area contributed by atoms with Gasteiger partial charge in [-0.3, -0.25) is 9.79 Å². The van der Waals surface area contributed by atoms with Gasteiger partial charge in [-0.05, 0) is 12.1 Å². The second-order valence-corrected chi connectivity index (χ2v) is 6.90. The second-order valence-electron chi connectivity index (χ2n) is 5.50. The molecular weight excluding hydrogens is 286 g/mol. The Morgan fingerprint density at radius 2 is 2.24 bits per heavy atom. The highest BCUT2D eigenvalue weighted by Gasteiger charge is 2.26. The minimum absolute atomic E-state index is 0.223. The first-order valence-electron chi connectivity index (χ1n) is 7.48. The van der Waals surface area contributed by atoms with E-state index < -0.39 is 0 Å². The number of rotatable bonds is 3. The molecule has 0 aliphatic carbocycles. The van der Waals surface area contributed by atoms with E-state index in [1.165, 1.54) is 0 Å². The van der Waals surface area contributed by atoms with Gasteiger partial charge in [0.25, 0.3) is 0 Å². The first kappa shape index (κ1) is 14.5. The number of nitrogens with zero attached hydrogens (tertiary/aromatic N) is 3. The topological polar surface area (TPSA) is 49.0 Å². The third kappa shape index (κ3) is 3.61. The maximum Gasteiger partial charge on any atom is 0.223 e. The lowest BCUT2D eigenvalue weighted by atomic mass is 10.2. The Kier molecular flexibility index (Phi) is 4.53. The molecule has 0 N–H and O–H groups in total. The van der Waals surface area contributed by atoms with Crippen LogP contribution in [0.2, 0.25) is 0 Å². The summed E-state index contributed by atoms with van der Waals surface area (Å²) >= 11 is 1.85. The van der Waals surface area contributed by atoms with Gasteiger partial charge in [0.15, 0.2) is 5.17 Å². The van der Waals surface area contributed by atoms with Gasteiger partial charge in [0, 0.05) is 44.3 Å². The standard InChI is InChI=1S/C15H21N3O2S/c1-12-11-16-15(21-12)18-8-6-17(7-9-18)14(19)5-4-13-3-2-10-20-13/h2-3,10,12H,4-9,11H2,1H3/t12-/m0/s1. The zero-order chi connectivity index (χ0) is 14.7. The molecule has 0 spiro atoms. The van der Waals surface area contributed by atoms with Crippen molar-refractivity contribution in [1.29, 1.82) is 0 Å². The first-order chi connectivity index (χ1) is 10.2. The number of furan rings is 1. The van der Waals surface area contributed by atoms with Gasteiger partial charge in [0.2, 0.25) is 5.91 Å². The van der Waals surface area contributed by atoms with Crippen LogP contribution < -0.4 is 0 Å². The molecule has 2 aliphatic heterocycles. The van der Waals surface area contributed by atoms with Crippen molar-refractivity contribution < 1.29 is 9.21 Å². The molecule has 0 radical (unpaired) electrons. The highest BCUT2D eigenvalue weighted by Crippen LogP contribution is 2.23. The summed E-state index contributed by atoms with van der Waals surface area (Å²) in [5, 5.41) is 1.75. The maximum absolute atomic E-state index is 12.2. The summed E-state index contributed by atoms with van der Waals surface area (Å²) in [6.07, 6.45) is 2.87. The third-order valence-electron chi connectivity index (χ3n) is 3.86. The molecule has 114 valence electrons. The number of hydrogen-bond donors (Lipinski definition) is 0. The van der Waals surface area contributed by atoms with E-state index in [2.05, 4.69) is 16.8 Å². The van der Waals surface area contributed by atoms with Gasteiger partial charge in [-0.1, -0.05) is 18.7 Å². The normalized spacial score (nSPS) is 22.5. The molecule has 1 saturated heterocycles. The maximum atomic E-state index is 12.2. The van der Waals surface area contributed by atoms with Gasteiger partial charge >= 0.3 is 0 Å². The largest absolute Gasteiger partial charge is 0.469 e. The quantitative estimate of drug-likeness (QED) is 0.855. The average molecular weight is 307 g/mol. The van der Waals surface area contributed by atoms with Crippen LogP contribution in [-0.4, -0.2) is 58.8 Å². The summed E-state index contributed by atoms with van der Waals surface area (Å²) in [6.45, 7) is 6.50. The SMILES string of the molecule is C[C@H]1CN=C(N2CCN(C(=O)CCc3ccco3)CC2)S1. The Balaban J connectivity index is 1.43. The first-order valence-corrected chi connectivity index (χ1v) is 8.36. The molecular formula is C15H21N3O2S. The molecule has 0 bridgehead atoms. The van der Waals surface area contributed by atoms with E-state index in [-0.39, 0.29) is 5.91 Å². The van der Waals surface area contributed by atoms with E-state index in [0.29, 0.717) is 18.1 Å². The molecule has 1 amide bonds. The molecule has 0 aromatic carbocycles. The number of thioether (sulfide) groups is 1. The number of aliphatic imine (C=N–C) groups is 1. The van der Waals surface area contributed by atoms with Crippen LogP contribution in [0.1, 0.15) is 19.1 Å². The van der Waals surface area contributed by atoms with Crippen molar-refractivity contribution >= 4 is 22.8 Å². The number of aryl methyl sites for hydroxylation is 1. The smallest absolute Gasteiger partial charge is 0.223 e. The average Bonchev–Trinajstić information content (AvgIpc) is 3.16. The van der Waals surface area contributed by atoms with Crippen molar-refractivity contribution in [2.24, 2.45) is 4.99 Å². The number of hydrogen-bond acceptors (Lipinski definition) is 5. The molecule has 6 heteroatoms. The Morgan fingerprint density at radius 3 is 2.86 bits per heavy atom. The number of amides is 1. The zero-order valence-electron chi connectivity index (χ0n) is 12.3. The zero-order valence-corrected chi connectivity index (χ0v) is 13.1. The van der Waals surface area contributed by atoms with Crippen LogP contribution in [0.3, 0.4) is 0 Å². The fraction of sp³-hybridized carbons (Fsp3) is 0.600. The van der Waals surface area contributed by atoms with Crippen LogP contribution in [0.15, 0.2) is 27.8 Å².